The van der Waals surface area contributed by atoms with Crippen LogP contribution in [0.15, 0.2) is 29.4 Å². The summed E-state index contributed by atoms with van der Waals surface area (Å²) < 4.78 is 68.3. The number of carbonyl (C=O) groups is 1. The normalized spacial score (nSPS) is 13.0. The van der Waals surface area contributed by atoms with E-state index in [-0.39, 0.29) is 11.4 Å². The third-order valence-electron chi connectivity index (χ3n) is 3.82. The van der Waals surface area contributed by atoms with Gasteiger partial charge in [-0.15, -0.1) is 0 Å². The summed E-state index contributed by atoms with van der Waals surface area (Å²) in [6.45, 7) is 1.45. The van der Waals surface area contributed by atoms with Crippen molar-refractivity contribution in [2.75, 3.05) is 5.32 Å². The Kier molecular flexibility index (Phi) is 5.81. The number of anilines is 1. The van der Waals surface area contributed by atoms with Crippen molar-refractivity contribution in [2.45, 2.75) is 30.7 Å². The molecule has 2 N–H and O–H groups in total. The fraction of sp³-hybridized carbons (Fsp3) is 0.312. The van der Waals surface area contributed by atoms with Crippen LogP contribution >= 0.6 is 0 Å². The lowest BCUT2D eigenvalue weighted by molar-refractivity contribution is -0.00490. The summed E-state index contributed by atoms with van der Waals surface area (Å²) in [7, 11) is -3.43. The van der Waals surface area contributed by atoms with E-state index in [4.69, 9.17) is 5.26 Å². The first-order chi connectivity index (χ1) is 12.9. The number of aryl methyl sites for hydroxylation is 1. The van der Waals surface area contributed by atoms with E-state index in [0.717, 1.165) is 17.7 Å². The number of pyridine rings is 1. The zero-order valence-electron chi connectivity index (χ0n) is 15.0. The Morgan fingerprint density at radius 1 is 1.43 bits per heavy atom. The predicted molar refractivity (Wildman–Crippen MR) is 92.7 cm³/mol. The average molecular weight is 415 g/mol. The molecule has 0 saturated carbocycles. The van der Waals surface area contributed by atoms with Gasteiger partial charge in [0.25, 0.3) is 11.8 Å². The van der Waals surface area contributed by atoms with Gasteiger partial charge in [0.1, 0.15) is 22.4 Å². The quantitative estimate of drug-likeness (QED) is 0.749. The average Bonchev–Trinajstić information content (AvgIpc) is 2.89. The number of hydrogen-bond donors (Lipinski definition) is 2. The molecule has 28 heavy (non-hydrogen) atoms. The maximum Gasteiger partial charge on any atom is 0.275 e. The van der Waals surface area contributed by atoms with Crippen LogP contribution in [0.5, 0.6) is 0 Å². The topological polar surface area (TPSA) is 117 Å². The Balaban J connectivity index is 2.35. The number of rotatable bonds is 6. The number of amides is 1. The first-order valence-corrected chi connectivity index (χ1v) is 9.27. The second-order valence-corrected chi connectivity index (χ2v) is 7.74. The van der Waals surface area contributed by atoms with Crippen molar-refractivity contribution in [1.29, 1.82) is 5.26 Å². The standard InChI is InChI=1S/C16H16F3N5O3S/c1-9(16(2,18)19)23-28(26,27)12-8-24(3)14(13(12)17)15(25)22-10-4-5-21-11(6-10)7-20/h4-6,8-9,23H,1-3H3,(H,21,22,25)/t9-/m1/s1. The number of hydrogen-bond acceptors (Lipinski definition) is 5. The van der Waals surface area contributed by atoms with Gasteiger partial charge in [0.15, 0.2) is 5.82 Å². The Morgan fingerprint density at radius 2 is 2.07 bits per heavy atom. The van der Waals surface area contributed by atoms with E-state index >= 15 is 0 Å². The van der Waals surface area contributed by atoms with E-state index in [1.165, 1.54) is 25.4 Å². The molecule has 1 amide bonds. The van der Waals surface area contributed by atoms with E-state index in [0.29, 0.717) is 6.92 Å². The fourth-order valence-corrected chi connectivity index (χ4v) is 3.60. The van der Waals surface area contributed by atoms with Crippen molar-refractivity contribution in [1.82, 2.24) is 14.3 Å². The minimum absolute atomic E-state index is 0.00658. The van der Waals surface area contributed by atoms with Crippen molar-refractivity contribution in [2.24, 2.45) is 7.05 Å². The Bertz CT molecular complexity index is 1050. The Labute approximate surface area is 159 Å². The van der Waals surface area contributed by atoms with E-state index in [1.54, 1.807) is 10.8 Å². The van der Waals surface area contributed by atoms with Crippen LogP contribution < -0.4 is 10.0 Å². The summed E-state index contributed by atoms with van der Waals surface area (Å²) >= 11 is 0. The number of nitriles is 1. The smallest absolute Gasteiger partial charge is 0.275 e. The highest BCUT2D eigenvalue weighted by molar-refractivity contribution is 7.89. The van der Waals surface area contributed by atoms with E-state index < -0.39 is 44.3 Å². The number of aromatic nitrogens is 2. The lowest BCUT2D eigenvalue weighted by Crippen LogP contribution is -2.43. The maximum absolute atomic E-state index is 14.7. The van der Waals surface area contributed by atoms with Crippen molar-refractivity contribution in [3.8, 4) is 6.07 Å². The van der Waals surface area contributed by atoms with Crippen LogP contribution in [0, 0.1) is 17.1 Å². The molecular formula is C16H16F3N5O3S. The van der Waals surface area contributed by atoms with E-state index in [1.807, 2.05) is 0 Å². The minimum atomic E-state index is -4.65. The van der Waals surface area contributed by atoms with Gasteiger partial charge < -0.3 is 9.88 Å². The zero-order valence-corrected chi connectivity index (χ0v) is 15.8. The number of alkyl halides is 2. The number of carbonyl (C=O) groups excluding carboxylic acids is 1. The third-order valence-corrected chi connectivity index (χ3v) is 5.34. The molecule has 2 rings (SSSR count). The maximum atomic E-state index is 14.7. The lowest BCUT2D eigenvalue weighted by atomic mass is 10.2. The number of sulfonamides is 1. The third kappa shape index (κ3) is 4.49. The predicted octanol–water partition coefficient (Wildman–Crippen LogP) is 2.01. The van der Waals surface area contributed by atoms with Gasteiger partial charge in [0.2, 0.25) is 10.0 Å². The summed E-state index contributed by atoms with van der Waals surface area (Å²) in [6, 6.07) is 2.56. The van der Waals surface area contributed by atoms with Gasteiger partial charge in [0, 0.05) is 32.1 Å². The van der Waals surface area contributed by atoms with E-state index in [2.05, 4.69) is 10.3 Å². The highest BCUT2D eigenvalue weighted by Crippen LogP contribution is 2.24. The van der Waals surface area contributed by atoms with Crippen LogP contribution in [0.2, 0.25) is 0 Å². The van der Waals surface area contributed by atoms with Gasteiger partial charge in [-0.1, -0.05) is 0 Å². The van der Waals surface area contributed by atoms with Crippen LogP contribution in [0.3, 0.4) is 0 Å². The number of nitrogens with zero attached hydrogens (tertiary/aromatic N) is 3. The van der Waals surface area contributed by atoms with Crippen LogP contribution in [-0.4, -0.2) is 35.8 Å². The molecule has 0 aromatic carbocycles. The fourth-order valence-electron chi connectivity index (χ4n) is 2.18. The number of nitrogens with one attached hydrogen (secondary N) is 2. The van der Waals surface area contributed by atoms with Crippen molar-refractivity contribution in [3.05, 3.63) is 41.7 Å². The Morgan fingerprint density at radius 3 is 2.64 bits per heavy atom. The zero-order chi connectivity index (χ0) is 21.3. The number of halogens is 3. The molecule has 2 aromatic heterocycles. The molecule has 0 aliphatic rings. The van der Waals surface area contributed by atoms with Gasteiger partial charge in [0.05, 0.1) is 6.04 Å². The molecule has 1 atom stereocenters. The van der Waals surface area contributed by atoms with Crippen molar-refractivity contribution in [3.63, 3.8) is 0 Å². The molecule has 12 heteroatoms. The van der Waals surface area contributed by atoms with Gasteiger partial charge in [-0.05, 0) is 19.1 Å². The van der Waals surface area contributed by atoms with Gasteiger partial charge in [-0.2, -0.15) is 5.26 Å². The van der Waals surface area contributed by atoms with Crippen molar-refractivity contribution >= 4 is 21.6 Å². The molecular weight excluding hydrogens is 399 g/mol. The molecule has 150 valence electrons. The minimum Gasteiger partial charge on any atom is -0.343 e. The summed E-state index contributed by atoms with van der Waals surface area (Å²) in [5, 5.41) is 11.1. The highest BCUT2D eigenvalue weighted by Gasteiger charge is 2.36. The summed E-state index contributed by atoms with van der Waals surface area (Å²) in [5.41, 5.74) is -0.488. The molecule has 0 aliphatic carbocycles. The SMILES string of the molecule is C[C@@H](NS(=O)(=O)c1cn(C)c(C(=O)Nc2ccnc(C#N)c2)c1F)C(C)(F)F. The van der Waals surface area contributed by atoms with Gasteiger partial charge >= 0.3 is 0 Å². The second kappa shape index (κ2) is 7.61. The molecule has 2 heterocycles. The molecule has 0 bridgehead atoms. The van der Waals surface area contributed by atoms with Crippen molar-refractivity contribution < 1.29 is 26.4 Å². The largest absolute Gasteiger partial charge is 0.343 e. The first-order valence-electron chi connectivity index (χ1n) is 7.79. The summed E-state index contributed by atoms with van der Waals surface area (Å²) in [5.74, 6) is -5.77. The molecule has 0 unspecified atom stereocenters. The van der Waals surface area contributed by atoms with Crippen LogP contribution in [-0.2, 0) is 17.1 Å². The van der Waals surface area contributed by atoms with E-state index in [9.17, 15) is 26.4 Å². The molecule has 2 aromatic rings. The molecule has 0 fully saturated rings. The Hall–Kier alpha value is -2.91. The van der Waals surface area contributed by atoms with Crippen LogP contribution in [0.4, 0.5) is 18.9 Å². The highest BCUT2D eigenvalue weighted by atomic mass is 32.2. The second-order valence-electron chi connectivity index (χ2n) is 6.06. The van der Waals surface area contributed by atoms with Gasteiger partial charge in [-0.3, -0.25) is 4.79 Å². The summed E-state index contributed by atoms with van der Waals surface area (Å²) in [6.07, 6.45) is 2.06. The molecule has 0 saturated heterocycles. The molecule has 0 radical (unpaired) electrons. The first kappa shape index (κ1) is 21.4. The molecule has 8 nitrogen and oxygen atoms in total. The molecule has 0 aliphatic heterocycles. The molecule has 0 spiro atoms. The monoisotopic (exact) mass is 415 g/mol. The lowest BCUT2D eigenvalue weighted by Gasteiger charge is -2.20. The summed E-state index contributed by atoms with van der Waals surface area (Å²) in [4.78, 5) is 15.1. The van der Waals surface area contributed by atoms with Gasteiger partial charge in [-0.25, -0.2) is 31.3 Å². The van der Waals surface area contributed by atoms with Crippen LogP contribution in [0.1, 0.15) is 30.0 Å². The van der Waals surface area contributed by atoms with Crippen LogP contribution in [0.25, 0.3) is 0 Å².